The van der Waals surface area contributed by atoms with Crippen LogP contribution in [0.15, 0.2) is 22.5 Å². The summed E-state index contributed by atoms with van der Waals surface area (Å²) in [5, 5.41) is 8.48. The topological polar surface area (TPSA) is 56.7 Å². The van der Waals surface area contributed by atoms with Crippen LogP contribution in [0.3, 0.4) is 0 Å². The van der Waals surface area contributed by atoms with Crippen molar-refractivity contribution >= 4 is 23.2 Å². The van der Waals surface area contributed by atoms with E-state index in [9.17, 15) is 4.79 Å². The van der Waals surface area contributed by atoms with Gasteiger partial charge in [0.2, 0.25) is 5.91 Å². The number of rotatable bonds is 5. The van der Waals surface area contributed by atoms with Gasteiger partial charge in [0.1, 0.15) is 6.54 Å². The van der Waals surface area contributed by atoms with Gasteiger partial charge in [0.05, 0.1) is 6.54 Å². The zero-order valence-electron chi connectivity index (χ0n) is 11.9. The molecule has 19 heavy (non-hydrogen) atoms. The smallest absolute Gasteiger partial charge is 0.243 e. The van der Waals surface area contributed by atoms with Crippen molar-refractivity contribution in [1.29, 1.82) is 0 Å². The van der Waals surface area contributed by atoms with Gasteiger partial charge in [0.25, 0.3) is 0 Å². The first-order valence-electron chi connectivity index (χ1n) is 6.26. The SMILES string of the molecule is CC(C)NC(=NCC(=O)N(C)C)NCc1cccs1. The molecule has 0 fully saturated rings. The van der Waals surface area contributed by atoms with Crippen LogP contribution in [-0.4, -0.2) is 43.4 Å². The number of nitrogens with zero attached hydrogens (tertiary/aromatic N) is 2. The Kier molecular flexibility index (Phi) is 6.35. The molecule has 1 heterocycles. The van der Waals surface area contributed by atoms with Crippen LogP contribution < -0.4 is 10.6 Å². The number of thiophene rings is 1. The van der Waals surface area contributed by atoms with Crippen LogP contribution in [-0.2, 0) is 11.3 Å². The van der Waals surface area contributed by atoms with Crippen LogP contribution >= 0.6 is 11.3 Å². The van der Waals surface area contributed by atoms with Crippen molar-refractivity contribution in [2.75, 3.05) is 20.6 Å². The first-order chi connectivity index (χ1) is 8.99. The van der Waals surface area contributed by atoms with Gasteiger partial charge < -0.3 is 15.5 Å². The summed E-state index contributed by atoms with van der Waals surface area (Å²) in [4.78, 5) is 18.6. The summed E-state index contributed by atoms with van der Waals surface area (Å²) in [5.74, 6) is 0.652. The Morgan fingerprint density at radius 2 is 2.21 bits per heavy atom. The van der Waals surface area contributed by atoms with E-state index < -0.39 is 0 Å². The first kappa shape index (κ1) is 15.5. The van der Waals surface area contributed by atoms with Gasteiger partial charge in [-0.15, -0.1) is 11.3 Å². The van der Waals surface area contributed by atoms with E-state index in [0.29, 0.717) is 12.5 Å². The summed E-state index contributed by atoms with van der Waals surface area (Å²) < 4.78 is 0. The highest BCUT2D eigenvalue weighted by Gasteiger charge is 2.05. The Hall–Kier alpha value is -1.56. The lowest BCUT2D eigenvalue weighted by Crippen LogP contribution is -2.41. The van der Waals surface area contributed by atoms with Crippen LogP contribution in [0.1, 0.15) is 18.7 Å². The number of carbonyl (C=O) groups is 1. The largest absolute Gasteiger partial charge is 0.354 e. The summed E-state index contributed by atoms with van der Waals surface area (Å²) in [6, 6.07) is 4.35. The fourth-order valence-electron chi connectivity index (χ4n) is 1.30. The Morgan fingerprint density at radius 1 is 1.47 bits per heavy atom. The molecule has 6 heteroatoms. The third-order valence-electron chi connectivity index (χ3n) is 2.31. The zero-order chi connectivity index (χ0) is 14.3. The lowest BCUT2D eigenvalue weighted by Gasteiger charge is -2.15. The van der Waals surface area contributed by atoms with Crippen LogP contribution in [0.4, 0.5) is 0 Å². The zero-order valence-corrected chi connectivity index (χ0v) is 12.8. The predicted octanol–water partition coefficient (Wildman–Crippen LogP) is 1.28. The van der Waals surface area contributed by atoms with E-state index in [1.807, 2.05) is 25.3 Å². The molecule has 0 aliphatic rings. The molecule has 0 unspecified atom stereocenters. The van der Waals surface area contributed by atoms with Crippen LogP contribution in [0.5, 0.6) is 0 Å². The van der Waals surface area contributed by atoms with E-state index in [-0.39, 0.29) is 18.5 Å². The molecule has 1 amide bonds. The highest BCUT2D eigenvalue weighted by Crippen LogP contribution is 2.07. The second-order valence-corrected chi connectivity index (χ2v) is 5.72. The van der Waals surface area contributed by atoms with Gasteiger partial charge in [0, 0.05) is 25.0 Å². The maximum atomic E-state index is 11.5. The number of aliphatic imine (C=N–C) groups is 1. The Labute approximate surface area is 118 Å². The van der Waals surface area contributed by atoms with Gasteiger partial charge in [-0.2, -0.15) is 0 Å². The van der Waals surface area contributed by atoms with E-state index in [1.54, 1.807) is 25.4 Å². The van der Waals surface area contributed by atoms with Gasteiger partial charge in [0.15, 0.2) is 5.96 Å². The molecular weight excluding hydrogens is 260 g/mol. The average molecular weight is 282 g/mol. The second-order valence-electron chi connectivity index (χ2n) is 4.68. The van der Waals surface area contributed by atoms with E-state index in [4.69, 9.17) is 0 Å². The summed E-state index contributed by atoms with van der Waals surface area (Å²) in [5.41, 5.74) is 0. The van der Waals surface area contributed by atoms with Crippen molar-refractivity contribution in [2.24, 2.45) is 4.99 Å². The molecule has 0 radical (unpaired) electrons. The fraction of sp³-hybridized carbons (Fsp3) is 0.538. The fourth-order valence-corrected chi connectivity index (χ4v) is 1.94. The second kappa shape index (κ2) is 7.78. The Balaban J connectivity index is 2.55. The first-order valence-corrected chi connectivity index (χ1v) is 7.14. The number of likely N-dealkylation sites (N-methyl/N-ethyl adjacent to an activating group) is 1. The highest BCUT2D eigenvalue weighted by molar-refractivity contribution is 7.09. The number of guanidine groups is 1. The van der Waals surface area contributed by atoms with Crippen molar-refractivity contribution in [1.82, 2.24) is 15.5 Å². The molecule has 106 valence electrons. The van der Waals surface area contributed by atoms with E-state index >= 15 is 0 Å². The summed E-state index contributed by atoms with van der Waals surface area (Å²) >= 11 is 1.69. The molecule has 5 nitrogen and oxygen atoms in total. The van der Waals surface area contributed by atoms with Crippen molar-refractivity contribution in [2.45, 2.75) is 26.4 Å². The van der Waals surface area contributed by atoms with Gasteiger partial charge in [-0.25, -0.2) is 4.99 Å². The monoisotopic (exact) mass is 282 g/mol. The molecule has 0 saturated heterocycles. The summed E-state index contributed by atoms with van der Waals surface area (Å²) in [6.07, 6.45) is 0. The molecule has 2 N–H and O–H groups in total. The molecule has 1 rings (SSSR count). The predicted molar refractivity (Wildman–Crippen MR) is 80.4 cm³/mol. The average Bonchev–Trinajstić information content (AvgIpc) is 2.84. The van der Waals surface area contributed by atoms with Crippen LogP contribution in [0.2, 0.25) is 0 Å². The maximum absolute atomic E-state index is 11.5. The van der Waals surface area contributed by atoms with Gasteiger partial charge >= 0.3 is 0 Å². The minimum Gasteiger partial charge on any atom is -0.354 e. The van der Waals surface area contributed by atoms with E-state index in [2.05, 4.69) is 21.7 Å². The molecule has 0 aliphatic heterocycles. The van der Waals surface area contributed by atoms with Gasteiger partial charge in [-0.1, -0.05) is 6.07 Å². The number of carbonyl (C=O) groups excluding carboxylic acids is 1. The number of hydrogen-bond acceptors (Lipinski definition) is 3. The van der Waals surface area contributed by atoms with Crippen molar-refractivity contribution in [3.63, 3.8) is 0 Å². The molecule has 0 saturated carbocycles. The molecule has 0 spiro atoms. The van der Waals surface area contributed by atoms with Gasteiger partial charge in [-0.3, -0.25) is 4.79 Å². The quantitative estimate of drug-likeness (QED) is 0.632. The Morgan fingerprint density at radius 3 is 2.74 bits per heavy atom. The molecule has 0 aliphatic carbocycles. The van der Waals surface area contributed by atoms with Gasteiger partial charge in [-0.05, 0) is 25.3 Å². The molecule has 1 aromatic rings. The molecule has 0 atom stereocenters. The van der Waals surface area contributed by atoms with E-state index in [0.717, 1.165) is 0 Å². The van der Waals surface area contributed by atoms with Crippen LogP contribution in [0, 0.1) is 0 Å². The molecular formula is C13H22N4OS. The minimum absolute atomic E-state index is 0.0130. The highest BCUT2D eigenvalue weighted by atomic mass is 32.1. The molecule has 0 bridgehead atoms. The normalized spacial score (nSPS) is 11.5. The van der Waals surface area contributed by atoms with E-state index in [1.165, 1.54) is 9.78 Å². The lowest BCUT2D eigenvalue weighted by atomic mass is 10.4. The summed E-state index contributed by atoms with van der Waals surface area (Å²) in [6.45, 7) is 4.94. The Bertz CT molecular complexity index is 412. The van der Waals surface area contributed by atoms with Crippen molar-refractivity contribution < 1.29 is 4.79 Å². The molecule has 0 aromatic carbocycles. The van der Waals surface area contributed by atoms with Crippen LogP contribution in [0.25, 0.3) is 0 Å². The van der Waals surface area contributed by atoms with Crippen molar-refractivity contribution in [3.05, 3.63) is 22.4 Å². The maximum Gasteiger partial charge on any atom is 0.243 e. The third kappa shape index (κ3) is 6.24. The number of amides is 1. The number of hydrogen-bond donors (Lipinski definition) is 2. The standard InChI is InChI=1S/C13H22N4OS/c1-10(2)16-13(15-9-12(18)17(3)4)14-8-11-6-5-7-19-11/h5-7,10H,8-9H2,1-4H3,(H2,14,15,16). The summed E-state index contributed by atoms with van der Waals surface area (Å²) in [7, 11) is 3.46. The number of nitrogens with one attached hydrogen (secondary N) is 2. The third-order valence-corrected chi connectivity index (χ3v) is 3.18. The van der Waals surface area contributed by atoms with Crippen molar-refractivity contribution in [3.8, 4) is 0 Å². The lowest BCUT2D eigenvalue weighted by molar-refractivity contribution is -0.127. The minimum atomic E-state index is -0.0130. The molecule has 1 aromatic heterocycles.